The van der Waals surface area contributed by atoms with Gasteiger partial charge < -0.3 is 14.5 Å². The number of hydrogen-bond donors (Lipinski definition) is 1. The van der Waals surface area contributed by atoms with Crippen LogP contribution in [0.1, 0.15) is 10.4 Å². The molecule has 0 radical (unpaired) electrons. The first-order chi connectivity index (χ1) is 10.7. The molecule has 2 aromatic carbocycles. The number of ether oxygens (including phenoxy) is 2. The smallest absolute Gasteiger partial charge is 0.342 e. The Morgan fingerprint density at radius 2 is 1.68 bits per heavy atom. The van der Waals surface area contributed by atoms with E-state index in [1.54, 1.807) is 48.5 Å². The lowest BCUT2D eigenvalue weighted by molar-refractivity contribution is 0.0600. The van der Waals surface area contributed by atoms with E-state index in [0.717, 1.165) is 0 Å². The number of fused-ring (bicyclic) bond motifs is 1. The fraction of sp³-hybridized carbons (Fsp3) is 0.0588. The van der Waals surface area contributed by atoms with Crippen LogP contribution in [-0.2, 0) is 4.74 Å². The number of H-pyrrole nitrogens is 1. The highest BCUT2D eigenvalue weighted by Gasteiger charge is 2.21. The highest BCUT2D eigenvalue weighted by Crippen LogP contribution is 2.27. The lowest BCUT2D eigenvalue weighted by Gasteiger charge is -2.11. The summed E-state index contributed by atoms with van der Waals surface area (Å²) < 4.78 is 10.4. The van der Waals surface area contributed by atoms with Crippen molar-refractivity contribution in [3.8, 4) is 11.5 Å². The second-order valence-electron chi connectivity index (χ2n) is 4.61. The highest BCUT2D eigenvalue weighted by atomic mass is 16.5. The van der Waals surface area contributed by atoms with Gasteiger partial charge in [0.1, 0.15) is 11.3 Å². The Labute approximate surface area is 126 Å². The standard InChI is InChI=1S/C17H13NO4/c1-21-17(20)14-12-9-5-6-10-13(12)18-16(19)15(14)22-11-7-3-2-4-8-11/h2-10H,1H3,(H,18,19). The summed E-state index contributed by atoms with van der Waals surface area (Å²) in [6.45, 7) is 0. The van der Waals surface area contributed by atoms with Crippen molar-refractivity contribution in [3.05, 3.63) is 70.5 Å². The molecular weight excluding hydrogens is 282 g/mol. The summed E-state index contributed by atoms with van der Waals surface area (Å²) in [5.41, 5.74) is 0.182. The van der Waals surface area contributed by atoms with Crippen LogP contribution in [0.3, 0.4) is 0 Å². The van der Waals surface area contributed by atoms with Gasteiger partial charge in [-0.2, -0.15) is 0 Å². The first-order valence-corrected chi connectivity index (χ1v) is 6.67. The average molecular weight is 295 g/mol. The van der Waals surface area contributed by atoms with E-state index in [-0.39, 0.29) is 11.3 Å². The largest absolute Gasteiger partial charge is 0.465 e. The Hall–Kier alpha value is -3.08. The third-order valence-corrected chi connectivity index (χ3v) is 3.23. The summed E-state index contributed by atoms with van der Waals surface area (Å²) >= 11 is 0. The lowest BCUT2D eigenvalue weighted by Crippen LogP contribution is -2.16. The zero-order valence-corrected chi connectivity index (χ0v) is 11.8. The number of benzene rings is 2. The number of rotatable bonds is 3. The van der Waals surface area contributed by atoms with Gasteiger partial charge in [0.15, 0.2) is 0 Å². The molecule has 5 nitrogen and oxygen atoms in total. The molecule has 0 saturated heterocycles. The molecule has 0 atom stereocenters. The van der Waals surface area contributed by atoms with E-state index in [9.17, 15) is 9.59 Å². The van der Waals surface area contributed by atoms with Gasteiger partial charge in [-0.15, -0.1) is 0 Å². The van der Waals surface area contributed by atoms with Gasteiger partial charge >= 0.3 is 5.97 Å². The van der Waals surface area contributed by atoms with Gasteiger partial charge in [0, 0.05) is 10.9 Å². The molecule has 0 aliphatic heterocycles. The molecule has 0 unspecified atom stereocenters. The van der Waals surface area contributed by atoms with Gasteiger partial charge in [-0.1, -0.05) is 36.4 Å². The summed E-state index contributed by atoms with van der Waals surface area (Å²) in [7, 11) is 1.27. The number of aromatic amines is 1. The van der Waals surface area contributed by atoms with Crippen LogP contribution in [0.15, 0.2) is 59.4 Å². The number of hydrogen-bond acceptors (Lipinski definition) is 4. The molecule has 0 bridgehead atoms. The minimum Gasteiger partial charge on any atom is -0.465 e. The molecule has 0 aliphatic rings. The molecule has 1 N–H and O–H groups in total. The topological polar surface area (TPSA) is 68.4 Å². The Kier molecular flexibility index (Phi) is 3.62. The molecule has 5 heteroatoms. The van der Waals surface area contributed by atoms with E-state index in [1.165, 1.54) is 7.11 Å². The Bertz CT molecular complexity index is 884. The Balaban J connectivity index is 2.26. The van der Waals surface area contributed by atoms with Gasteiger partial charge in [-0.3, -0.25) is 4.79 Å². The molecule has 3 aromatic rings. The van der Waals surface area contributed by atoms with Crippen molar-refractivity contribution in [2.75, 3.05) is 7.11 Å². The van der Waals surface area contributed by atoms with Gasteiger partial charge in [0.25, 0.3) is 5.56 Å². The Morgan fingerprint density at radius 3 is 2.41 bits per heavy atom. The van der Waals surface area contributed by atoms with E-state index >= 15 is 0 Å². The number of methoxy groups -OCH3 is 1. The number of carbonyl (C=O) groups excluding carboxylic acids is 1. The van der Waals surface area contributed by atoms with Crippen molar-refractivity contribution in [2.24, 2.45) is 0 Å². The van der Waals surface area contributed by atoms with E-state index in [2.05, 4.69) is 4.98 Å². The zero-order valence-electron chi connectivity index (χ0n) is 11.8. The molecule has 1 aromatic heterocycles. The van der Waals surface area contributed by atoms with Crippen LogP contribution >= 0.6 is 0 Å². The van der Waals surface area contributed by atoms with Crippen molar-refractivity contribution >= 4 is 16.9 Å². The minimum absolute atomic E-state index is 0.0725. The predicted octanol–water partition coefficient (Wildman–Crippen LogP) is 3.11. The number of carbonyl (C=O) groups is 1. The molecule has 0 spiro atoms. The number of pyridine rings is 1. The summed E-state index contributed by atoms with van der Waals surface area (Å²) in [6.07, 6.45) is 0. The number of esters is 1. The van der Waals surface area contributed by atoms with E-state index in [4.69, 9.17) is 9.47 Å². The quantitative estimate of drug-likeness (QED) is 0.754. The average Bonchev–Trinajstić information content (AvgIpc) is 2.56. The fourth-order valence-electron chi connectivity index (χ4n) is 2.23. The van der Waals surface area contributed by atoms with Crippen LogP contribution in [0.2, 0.25) is 0 Å². The summed E-state index contributed by atoms with van der Waals surface area (Å²) in [5.74, 6) is -0.224. The normalized spacial score (nSPS) is 10.4. The molecular formula is C17H13NO4. The molecule has 3 rings (SSSR count). The first-order valence-electron chi connectivity index (χ1n) is 6.67. The maximum absolute atomic E-state index is 12.3. The van der Waals surface area contributed by atoms with Crippen LogP contribution < -0.4 is 10.3 Å². The van der Waals surface area contributed by atoms with Crippen LogP contribution in [-0.4, -0.2) is 18.1 Å². The monoisotopic (exact) mass is 295 g/mol. The number of nitrogens with one attached hydrogen (secondary N) is 1. The van der Waals surface area contributed by atoms with Crippen molar-refractivity contribution in [3.63, 3.8) is 0 Å². The van der Waals surface area contributed by atoms with E-state index in [0.29, 0.717) is 16.7 Å². The summed E-state index contributed by atoms with van der Waals surface area (Å²) in [4.78, 5) is 27.1. The SMILES string of the molecule is COC(=O)c1c(Oc2ccccc2)c(=O)[nH]c2ccccc12. The van der Waals surface area contributed by atoms with Crippen LogP contribution in [0, 0.1) is 0 Å². The van der Waals surface area contributed by atoms with Gasteiger partial charge in [-0.05, 0) is 18.2 Å². The second-order valence-corrected chi connectivity index (χ2v) is 4.61. The molecule has 0 fully saturated rings. The first kappa shape index (κ1) is 13.9. The maximum atomic E-state index is 12.3. The van der Waals surface area contributed by atoms with Crippen molar-refractivity contribution in [1.82, 2.24) is 4.98 Å². The van der Waals surface area contributed by atoms with Gasteiger partial charge in [0.2, 0.25) is 5.75 Å². The molecule has 0 saturated carbocycles. The molecule has 0 aliphatic carbocycles. The van der Waals surface area contributed by atoms with Crippen molar-refractivity contribution < 1.29 is 14.3 Å². The third kappa shape index (κ3) is 2.44. The molecule has 110 valence electrons. The fourth-order valence-corrected chi connectivity index (χ4v) is 2.23. The highest BCUT2D eigenvalue weighted by molar-refractivity contribution is 6.05. The van der Waals surface area contributed by atoms with Crippen LogP contribution in [0.5, 0.6) is 11.5 Å². The molecule has 0 amide bonds. The molecule has 22 heavy (non-hydrogen) atoms. The summed E-state index contributed by atoms with van der Waals surface area (Å²) in [5, 5.41) is 0.569. The Morgan fingerprint density at radius 1 is 1.00 bits per heavy atom. The third-order valence-electron chi connectivity index (χ3n) is 3.23. The van der Waals surface area contributed by atoms with Gasteiger partial charge in [-0.25, -0.2) is 4.79 Å². The second kappa shape index (κ2) is 5.73. The lowest BCUT2D eigenvalue weighted by atomic mass is 10.1. The minimum atomic E-state index is -0.617. The maximum Gasteiger partial charge on any atom is 0.342 e. The number of aromatic nitrogens is 1. The van der Waals surface area contributed by atoms with Crippen LogP contribution in [0.25, 0.3) is 10.9 Å². The van der Waals surface area contributed by atoms with Gasteiger partial charge in [0.05, 0.1) is 7.11 Å². The predicted molar refractivity (Wildman–Crippen MR) is 82.4 cm³/mol. The van der Waals surface area contributed by atoms with Crippen LogP contribution in [0.4, 0.5) is 0 Å². The van der Waals surface area contributed by atoms with Crippen molar-refractivity contribution in [1.29, 1.82) is 0 Å². The summed E-state index contributed by atoms with van der Waals surface area (Å²) in [6, 6.07) is 15.8. The number of para-hydroxylation sites is 2. The van der Waals surface area contributed by atoms with Crippen molar-refractivity contribution in [2.45, 2.75) is 0 Å². The zero-order chi connectivity index (χ0) is 15.5. The van der Waals surface area contributed by atoms with E-state index in [1.807, 2.05) is 6.07 Å². The van der Waals surface area contributed by atoms with E-state index < -0.39 is 11.5 Å². The molecule has 1 heterocycles.